The molecule has 26 heavy (non-hydrogen) atoms. The Morgan fingerprint density at radius 3 is 2.58 bits per heavy atom. The summed E-state index contributed by atoms with van der Waals surface area (Å²) in [5.41, 5.74) is -0.352. The Kier molecular flexibility index (Phi) is 4.66. The van der Waals surface area contributed by atoms with Gasteiger partial charge in [-0.2, -0.15) is 0 Å². The first-order valence-corrected chi connectivity index (χ1v) is 7.51. The van der Waals surface area contributed by atoms with E-state index in [0.717, 1.165) is 0 Å². The maximum Gasteiger partial charge on any atom is 0.351 e. The van der Waals surface area contributed by atoms with Crippen LogP contribution in [0.4, 0.5) is 5.69 Å². The fourth-order valence-corrected chi connectivity index (χ4v) is 2.36. The molecule has 0 fully saturated rings. The minimum atomic E-state index is -0.846. The molecule has 0 atom stereocenters. The summed E-state index contributed by atoms with van der Waals surface area (Å²) in [7, 11) is 1.45. The molecule has 0 aliphatic rings. The van der Waals surface area contributed by atoms with E-state index in [1.54, 1.807) is 18.2 Å². The van der Waals surface area contributed by atoms with Gasteiger partial charge in [-0.15, -0.1) is 0 Å². The number of ether oxygens (including phenoxy) is 2. The number of fused-ring (bicyclic) bond motifs is 1. The molecule has 0 unspecified atom stereocenters. The molecular weight excluding hydrogens is 342 g/mol. The van der Waals surface area contributed by atoms with Crippen molar-refractivity contribution in [3.05, 3.63) is 80.2 Å². The van der Waals surface area contributed by atoms with Gasteiger partial charge >= 0.3 is 11.6 Å². The average Bonchev–Trinajstić information content (AvgIpc) is 2.65. The topological polar surface area (TPSA) is 109 Å². The lowest BCUT2D eigenvalue weighted by molar-refractivity contribution is -0.384. The molecule has 0 radical (unpaired) electrons. The lowest BCUT2D eigenvalue weighted by Crippen LogP contribution is -2.16. The minimum absolute atomic E-state index is 0.0656. The summed E-state index contributed by atoms with van der Waals surface area (Å²) in [6.45, 7) is -0.133. The normalized spacial score (nSPS) is 10.5. The van der Waals surface area contributed by atoms with E-state index in [4.69, 9.17) is 13.9 Å². The van der Waals surface area contributed by atoms with Crippen molar-refractivity contribution in [2.24, 2.45) is 0 Å². The fourth-order valence-electron chi connectivity index (χ4n) is 2.36. The number of hydrogen-bond donors (Lipinski definition) is 0. The molecule has 1 aromatic heterocycles. The molecule has 0 spiro atoms. The molecule has 8 heteroatoms. The Hall–Kier alpha value is -3.68. The molecule has 0 aliphatic carbocycles. The number of hydrogen-bond acceptors (Lipinski definition) is 7. The van der Waals surface area contributed by atoms with E-state index in [0.29, 0.717) is 16.7 Å². The number of nitrogens with zero attached hydrogens (tertiary/aromatic N) is 1. The Morgan fingerprint density at radius 1 is 1.19 bits per heavy atom. The van der Waals surface area contributed by atoms with Gasteiger partial charge in [-0.05, 0) is 29.8 Å². The number of esters is 1. The molecule has 0 amide bonds. The predicted molar refractivity (Wildman–Crippen MR) is 91.3 cm³/mol. The maximum absolute atomic E-state index is 12.2. The summed E-state index contributed by atoms with van der Waals surface area (Å²) in [5, 5.41) is 11.1. The third-order valence-electron chi connectivity index (χ3n) is 3.68. The van der Waals surface area contributed by atoms with Crippen molar-refractivity contribution in [3.63, 3.8) is 0 Å². The number of benzene rings is 2. The fraction of sp³-hybridized carbons (Fsp3) is 0.111. The first-order chi connectivity index (χ1) is 12.5. The Labute approximate surface area is 146 Å². The van der Waals surface area contributed by atoms with Gasteiger partial charge in [-0.3, -0.25) is 10.1 Å². The van der Waals surface area contributed by atoms with Crippen LogP contribution >= 0.6 is 0 Å². The summed E-state index contributed by atoms with van der Waals surface area (Å²) < 4.78 is 15.4. The molecule has 1 heterocycles. The van der Waals surface area contributed by atoms with Gasteiger partial charge in [-0.1, -0.05) is 12.1 Å². The van der Waals surface area contributed by atoms with Crippen LogP contribution in [0.1, 0.15) is 15.9 Å². The zero-order valence-electron chi connectivity index (χ0n) is 13.6. The summed E-state index contributed by atoms with van der Waals surface area (Å²) in [5.74, 6) is -0.466. The van der Waals surface area contributed by atoms with Crippen LogP contribution in [0.5, 0.6) is 5.75 Å². The molecule has 132 valence electrons. The molecule has 3 aromatic rings. The number of nitro groups is 1. The van der Waals surface area contributed by atoms with Gasteiger partial charge in [0.05, 0.1) is 12.0 Å². The van der Waals surface area contributed by atoms with Crippen molar-refractivity contribution in [1.82, 2.24) is 0 Å². The smallest absolute Gasteiger partial charge is 0.351 e. The van der Waals surface area contributed by atoms with Crippen molar-refractivity contribution >= 4 is 22.6 Å². The molecule has 2 aromatic carbocycles. The van der Waals surface area contributed by atoms with Crippen LogP contribution in [-0.4, -0.2) is 18.0 Å². The number of non-ortho nitro benzene ring substituents is 1. The molecule has 0 saturated carbocycles. The van der Waals surface area contributed by atoms with Crippen LogP contribution in [0.3, 0.4) is 0 Å². The van der Waals surface area contributed by atoms with E-state index in [2.05, 4.69) is 0 Å². The lowest BCUT2D eigenvalue weighted by atomic mass is 10.1. The highest BCUT2D eigenvalue weighted by atomic mass is 16.6. The van der Waals surface area contributed by atoms with Gasteiger partial charge in [0.25, 0.3) is 5.69 Å². The number of methoxy groups -OCH3 is 1. The molecule has 8 nitrogen and oxygen atoms in total. The van der Waals surface area contributed by atoms with E-state index < -0.39 is 16.5 Å². The third-order valence-corrected chi connectivity index (χ3v) is 3.68. The number of para-hydroxylation sites is 1. The van der Waals surface area contributed by atoms with Crippen molar-refractivity contribution in [2.45, 2.75) is 6.61 Å². The molecule has 0 saturated heterocycles. The third kappa shape index (κ3) is 3.39. The molecular formula is C18H13NO7. The van der Waals surface area contributed by atoms with Crippen molar-refractivity contribution in [1.29, 1.82) is 0 Å². The largest absolute Gasteiger partial charge is 0.493 e. The van der Waals surface area contributed by atoms with E-state index in [1.807, 2.05) is 0 Å². The van der Waals surface area contributed by atoms with Crippen LogP contribution < -0.4 is 10.4 Å². The lowest BCUT2D eigenvalue weighted by Gasteiger charge is -2.06. The van der Waals surface area contributed by atoms with E-state index in [9.17, 15) is 19.7 Å². The summed E-state index contributed by atoms with van der Waals surface area (Å²) in [6, 6.07) is 11.9. The van der Waals surface area contributed by atoms with E-state index in [1.165, 1.54) is 37.4 Å². The Morgan fingerprint density at radius 2 is 1.92 bits per heavy atom. The second kappa shape index (κ2) is 7.06. The zero-order chi connectivity index (χ0) is 18.7. The van der Waals surface area contributed by atoms with Crippen LogP contribution in [0.15, 0.2) is 57.7 Å². The number of rotatable bonds is 5. The monoisotopic (exact) mass is 355 g/mol. The van der Waals surface area contributed by atoms with Gasteiger partial charge in [0.2, 0.25) is 0 Å². The first-order valence-electron chi connectivity index (χ1n) is 7.51. The SMILES string of the molecule is COc1cccc2cc(C(=O)OCc3ccc([N+](=O)[O-])cc3)c(=O)oc12. The van der Waals surface area contributed by atoms with Crippen LogP contribution in [0, 0.1) is 10.1 Å². The zero-order valence-corrected chi connectivity index (χ0v) is 13.6. The van der Waals surface area contributed by atoms with Crippen molar-refractivity contribution in [2.75, 3.05) is 7.11 Å². The summed E-state index contributed by atoms with van der Waals surface area (Å²) in [4.78, 5) is 34.4. The van der Waals surface area contributed by atoms with Gasteiger partial charge < -0.3 is 13.9 Å². The average molecular weight is 355 g/mol. The first kappa shape index (κ1) is 17.2. The van der Waals surface area contributed by atoms with Gasteiger partial charge in [-0.25, -0.2) is 9.59 Å². The Bertz CT molecular complexity index is 1040. The van der Waals surface area contributed by atoms with Crippen LogP contribution in [0.25, 0.3) is 11.0 Å². The van der Waals surface area contributed by atoms with Crippen LogP contribution in [-0.2, 0) is 11.3 Å². The molecule has 0 N–H and O–H groups in total. The number of nitro benzene ring substituents is 1. The predicted octanol–water partition coefficient (Wildman–Crippen LogP) is 3.07. The standard InChI is InChI=1S/C18H13NO7/c1-24-15-4-2-3-12-9-14(18(21)26-16(12)15)17(20)25-10-11-5-7-13(8-6-11)19(22)23/h2-9H,10H2,1H3. The van der Waals surface area contributed by atoms with Gasteiger partial charge in [0.15, 0.2) is 11.3 Å². The number of carbonyl (C=O) groups excluding carboxylic acids is 1. The quantitative estimate of drug-likeness (QED) is 0.299. The molecule has 0 bridgehead atoms. The highest BCUT2D eigenvalue weighted by Crippen LogP contribution is 2.24. The van der Waals surface area contributed by atoms with E-state index in [-0.39, 0.29) is 23.4 Å². The second-order valence-corrected chi connectivity index (χ2v) is 5.33. The van der Waals surface area contributed by atoms with Crippen molar-refractivity contribution in [3.8, 4) is 5.75 Å². The second-order valence-electron chi connectivity index (χ2n) is 5.33. The van der Waals surface area contributed by atoms with Crippen LogP contribution in [0.2, 0.25) is 0 Å². The van der Waals surface area contributed by atoms with E-state index >= 15 is 0 Å². The molecule has 0 aliphatic heterocycles. The minimum Gasteiger partial charge on any atom is -0.493 e. The molecule has 3 rings (SSSR count). The highest BCUT2D eigenvalue weighted by Gasteiger charge is 2.17. The highest BCUT2D eigenvalue weighted by molar-refractivity contribution is 5.94. The summed E-state index contributed by atoms with van der Waals surface area (Å²) >= 11 is 0. The van der Waals surface area contributed by atoms with Crippen molar-refractivity contribution < 1.29 is 23.6 Å². The number of carbonyl (C=O) groups is 1. The summed E-state index contributed by atoms with van der Waals surface area (Å²) in [6.07, 6.45) is 0. The Balaban J connectivity index is 1.80. The van der Waals surface area contributed by atoms with Gasteiger partial charge in [0, 0.05) is 17.5 Å². The maximum atomic E-state index is 12.2. The van der Waals surface area contributed by atoms with Gasteiger partial charge in [0.1, 0.15) is 12.2 Å².